The number of benzene rings is 1. The molecule has 3 aromatic rings. The molecule has 0 unspecified atom stereocenters. The van der Waals surface area contributed by atoms with Crippen LogP contribution in [0, 0.1) is 0 Å². The zero-order valence-electron chi connectivity index (χ0n) is 11.3. The van der Waals surface area contributed by atoms with Crippen LogP contribution in [0.1, 0.15) is 10.4 Å². The first-order chi connectivity index (χ1) is 10.2. The van der Waals surface area contributed by atoms with Crippen LogP contribution in [-0.2, 0) is 0 Å². The maximum atomic E-state index is 12.5. The topological polar surface area (TPSA) is 46.1 Å². The number of aromatic nitrogens is 2. The maximum Gasteiger partial charge on any atom is 0.259 e. The number of hydrogen-bond acceptors (Lipinski definition) is 3. The number of carbonyl (C=O) groups is 1. The second kappa shape index (κ2) is 5.50. The lowest BCUT2D eigenvalue weighted by Crippen LogP contribution is -2.26. The first kappa shape index (κ1) is 13.5. The van der Waals surface area contributed by atoms with Crippen molar-refractivity contribution in [3.05, 3.63) is 65.6 Å². The summed E-state index contributed by atoms with van der Waals surface area (Å²) in [7, 11) is 1.72. The minimum atomic E-state index is -0.175. The summed E-state index contributed by atoms with van der Waals surface area (Å²) < 4.78 is 0. The second-order valence-electron chi connectivity index (χ2n) is 4.60. The Morgan fingerprint density at radius 1 is 1.19 bits per heavy atom. The standard InChI is InChI=1S/C16H12ClN3O/c1-20(16(21)13-6-8-18-10-14(13)17)12-4-5-15-11(9-12)3-2-7-19-15/h2-10H,1H3. The van der Waals surface area contributed by atoms with E-state index >= 15 is 0 Å². The first-order valence-corrected chi connectivity index (χ1v) is 6.77. The SMILES string of the molecule is CN(C(=O)c1ccncc1Cl)c1ccc2ncccc2c1. The number of nitrogens with zero attached hydrogens (tertiary/aromatic N) is 3. The summed E-state index contributed by atoms with van der Waals surface area (Å²) in [6.45, 7) is 0. The molecule has 0 spiro atoms. The van der Waals surface area contributed by atoms with Crippen LogP contribution in [0.4, 0.5) is 5.69 Å². The Morgan fingerprint density at radius 2 is 2.05 bits per heavy atom. The molecule has 0 aliphatic carbocycles. The summed E-state index contributed by atoms with van der Waals surface area (Å²) in [6, 6.07) is 11.1. The Morgan fingerprint density at radius 3 is 2.86 bits per heavy atom. The van der Waals surface area contributed by atoms with Gasteiger partial charge in [-0.1, -0.05) is 17.7 Å². The molecule has 1 aromatic carbocycles. The number of anilines is 1. The molecule has 4 nitrogen and oxygen atoms in total. The quantitative estimate of drug-likeness (QED) is 0.726. The molecular formula is C16H12ClN3O. The van der Waals surface area contributed by atoms with Crippen LogP contribution in [0.25, 0.3) is 10.9 Å². The van der Waals surface area contributed by atoms with Crippen molar-refractivity contribution in [2.75, 3.05) is 11.9 Å². The van der Waals surface area contributed by atoms with E-state index < -0.39 is 0 Å². The second-order valence-corrected chi connectivity index (χ2v) is 5.01. The Balaban J connectivity index is 1.98. The monoisotopic (exact) mass is 297 g/mol. The van der Waals surface area contributed by atoms with Gasteiger partial charge in [0.15, 0.2) is 0 Å². The zero-order valence-corrected chi connectivity index (χ0v) is 12.1. The summed E-state index contributed by atoms with van der Waals surface area (Å²) >= 11 is 6.03. The van der Waals surface area contributed by atoms with Crippen molar-refractivity contribution in [2.45, 2.75) is 0 Å². The van der Waals surface area contributed by atoms with Crippen molar-refractivity contribution in [1.29, 1.82) is 0 Å². The highest BCUT2D eigenvalue weighted by molar-refractivity contribution is 6.34. The van der Waals surface area contributed by atoms with Gasteiger partial charge >= 0.3 is 0 Å². The lowest BCUT2D eigenvalue weighted by atomic mass is 10.1. The third-order valence-corrected chi connectivity index (χ3v) is 3.58. The van der Waals surface area contributed by atoms with E-state index in [1.165, 1.54) is 6.20 Å². The van der Waals surface area contributed by atoms with Gasteiger partial charge in [0.25, 0.3) is 5.91 Å². The molecule has 0 aliphatic rings. The van der Waals surface area contributed by atoms with Crippen molar-refractivity contribution in [3.63, 3.8) is 0 Å². The molecular weight excluding hydrogens is 286 g/mol. The van der Waals surface area contributed by atoms with Crippen LogP contribution in [0.5, 0.6) is 0 Å². The molecule has 0 atom stereocenters. The van der Waals surface area contributed by atoms with Crippen molar-refractivity contribution in [1.82, 2.24) is 9.97 Å². The van der Waals surface area contributed by atoms with E-state index in [2.05, 4.69) is 9.97 Å². The van der Waals surface area contributed by atoms with Crippen LogP contribution in [0.15, 0.2) is 55.0 Å². The molecule has 21 heavy (non-hydrogen) atoms. The largest absolute Gasteiger partial charge is 0.311 e. The molecule has 2 aromatic heterocycles. The van der Waals surface area contributed by atoms with E-state index in [9.17, 15) is 4.79 Å². The Hall–Kier alpha value is -2.46. The van der Waals surface area contributed by atoms with E-state index in [-0.39, 0.29) is 5.91 Å². The summed E-state index contributed by atoms with van der Waals surface area (Å²) in [5.41, 5.74) is 2.11. The van der Waals surface area contributed by atoms with Crippen molar-refractivity contribution < 1.29 is 4.79 Å². The van der Waals surface area contributed by atoms with Crippen LogP contribution in [-0.4, -0.2) is 22.9 Å². The molecule has 0 N–H and O–H groups in total. The maximum absolute atomic E-state index is 12.5. The number of fused-ring (bicyclic) bond motifs is 1. The number of pyridine rings is 2. The predicted octanol–water partition coefficient (Wildman–Crippen LogP) is 3.56. The molecule has 2 heterocycles. The van der Waals surface area contributed by atoms with Crippen LogP contribution in [0.3, 0.4) is 0 Å². The number of carbonyl (C=O) groups excluding carboxylic acids is 1. The summed E-state index contributed by atoms with van der Waals surface area (Å²) in [4.78, 5) is 22.2. The van der Waals surface area contributed by atoms with Gasteiger partial charge in [0, 0.05) is 36.7 Å². The minimum Gasteiger partial charge on any atom is -0.311 e. The predicted molar refractivity (Wildman–Crippen MR) is 83.7 cm³/mol. The fourth-order valence-corrected chi connectivity index (χ4v) is 2.32. The van der Waals surface area contributed by atoms with Crippen LogP contribution >= 0.6 is 11.6 Å². The number of halogens is 1. The molecule has 0 aliphatic heterocycles. The van der Waals surface area contributed by atoms with Gasteiger partial charge in [-0.25, -0.2) is 0 Å². The molecule has 0 radical (unpaired) electrons. The van der Waals surface area contributed by atoms with E-state index in [1.807, 2.05) is 30.3 Å². The minimum absolute atomic E-state index is 0.175. The lowest BCUT2D eigenvalue weighted by Gasteiger charge is -2.18. The van der Waals surface area contributed by atoms with Gasteiger partial charge in [-0.3, -0.25) is 14.8 Å². The van der Waals surface area contributed by atoms with E-state index in [0.29, 0.717) is 10.6 Å². The van der Waals surface area contributed by atoms with Gasteiger partial charge in [-0.2, -0.15) is 0 Å². The third-order valence-electron chi connectivity index (χ3n) is 3.28. The zero-order chi connectivity index (χ0) is 14.8. The first-order valence-electron chi connectivity index (χ1n) is 6.39. The molecule has 104 valence electrons. The van der Waals surface area contributed by atoms with Crippen molar-refractivity contribution >= 4 is 34.1 Å². The Labute approximate surface area is 127 Å². The highest BCUT2D eigenvalue weighted by Crippen LogP contribution is 2.23. The number of amides is 1. The Bertz CT molecular complexity index is 819. The number of rotatable bonds is 2. The highest BCUT2D eigenvalue weighted by atomic mass is 35.5. The smallest absolute Gasteiger partial charge is 0.259 e. The van der Waals surface area contributed by atoms with Crippen LogP contribution < -0.4 is 4.90 Å². The van der Waals surface area contributed by atoms with Crippen molar-refractivity contribution in [2.24, 2.45) is 0 Å². The summed E-state index contributed by atoms with van der Waals surface area (Å²) in [5.74, 6) is -0.175. The van der Waals surface area contributed by atoms with Gasteiger partial charge < -0.3 is 4.90 Å². The molecule has 5 heteroatoms. The average molecular weight is 298 g/mol. The van der Waals surface area contributed by atoms with E-state index in [1.54, 1.807) is 30.4 Å². The highest BCUT2D eigenvalue weighted by Gasteiger charge is 2.16. The van der Waals surface area contributed by atoms with E-state index in [0.717, 1.165) is 16.6 Å². The fraction of sp³-hybridized carbons (Fsp3) is 0.0625. The molecule has 0 saturated heterocycles. The Kier molecular flexibility index (Phi) is 3.54. The van der Waals surface area contributed by atoms with Gasteiger partial charge in [0.2, 0.25) is 0 Å². The fourth-order valence-electron chi connectivity index (χ4n) is 2.12. The molecule has 0 bridgehead atoms. The van der Waals surface area contributed by atoms with Gasteiger partial charge in [0.05, 0.1) is 16.1 Å². The molecule has 0 fully saturated rings. The van der Waals surface area contributed by atoms with Crippen molar-refractivity contribution in [3.8, 4) is 0 Å². The van der Waals surface area contributed by atoms with Gasteiger partial charge in [-0.15, -0.1) is 0 Å². The van der Waals surface area contributed by atoms with Gasteiger partial charge in [-0.05, 0) is 30.3 Å². The van der Waals surface area contributed by atoms with Gasteiger partial charge in [0.1, 0.15) is 0 Å². The molecule has 1 amide bonds. The normalized spacial score (nSPS) is 10.6. The van der Waals surface area contributed by atoms with Crippen LogP contribution in [0.2, 0.25) is 5.02 Å². The average Bonchev–Trinajstić information content (AvgIpc) is 2.53. The van der Waals surface area contributed by atoms with E-state index in [4.69, 9.17) is 11.6 Å². The summed E-state index contributed by atoms with van der Waals surface area (Å²) in [6.07, 6.45) is 4.76. The summed E-state index contributed by atoms with van der Waals surface area (Å²) in [5, 5.41) is 1.33. The lowest BCUT2D eigenvalue weighted by molar-refractivity contribution is 0.0993. The molecule has 0 saturated carbocycles. The third kappa shape index (κ3) is 2.58. The molecule has 3 rings (SSSR count). The number of hydrogen-bond donors (Lipinski definition) is 0.